The largest absolute Gasteiger partial charge is 0.478 e. The number of benzene rings is 1. The summed E-state index contributed by atoms with van der Waals surface area (Å²) in [6.45, 7) is 4.94. The van der Waals surface area contributed by atoms with Gasteiger partial charge in [-0.2, -0.15) is 0 Å². The molecule has 0 spiro atoms. The Morgan fingerprint density at radius 1 is 1.25 bits per heavy atom. The predicted molar refractivity (Wildman–Crippen MR) is 69.3 cm³/mol. The molecule has 1 atom stereocenters. The summed E-state index contributed by atoms with van der Waals surface area (Å²) >= 11 is 0. The molecule has 0 saturated heterocycles. The van der Waals surface area contributed by atoms with Gasteiger partial charge in [0, 0.05) is 11.1 Å². The fourth-order valence-corrected chi connectivity index (χ4v) is 1.58. The van der Waals surface area contributed by atoms with Crippen molar-refractivity contribution in [2.75, 3.05) is 0 Å². The SMILES string of the molecule is C=C(CC(=O)NC(C)c1ccc(C(F)F)cc1)C(=O)O. The van der Waals surface area contributed by atoms with Crippen LogP contribution in [0.5, 0.6) is 0 Å². The molecule has 6 heteroatoms. The van der Waals surface area contributed by atoms with E-state index in [1.54, 1.807) is 6.92 Å². The number of aliphatic carboxylic acids is 1. The molecule has 0 heterocycles. The lowest BCUT2D eigenvalue weighted by Gasteiger charge is -2.15. The van der Waals surface area contributed by atoms with Crippen molar-refractivity contribution in [3.8, 4) is 0 Å². The molecular formula is C14H15F2NO3. The molecule has 20 heavy (non-hydrogen) atoms. The highest BCUT2D eigenvalue weighted by Gasteiger charge is 2.14. The normalized spacial score (nSPS) is 12.0. The molecular weight excluding hydrogens is 268 g/mol. The lowest BCUT2D eigenvalue weighted by Crippen LogP contribution is -2.27. The van der Waals surface area contributed by atoms with E-state index in [-0.39, 0.29) is 17.6 Å². The van der Waals surface area contributed by atoms with Crippen LogP contribution in [0.1, 0.15) is 36.9 Å². The van der Waals surface area contributed by atoms with E-state index in [0.717, 1.165) is 0 Å². The summed E-state index contributed by atoms with van der Waals surface area (Å²) in [6, 6.07) is 5.17. The Balaban J connectivity index is 2.62. The molecule has 1 aromatic rings. The van der Waals surface area contributed by atoms with Crippen molar-refractivity contribution < 1.29 is 23.5 Å². The van der Waals surface area contributed by atoms with Gasteiger partial charge >= 0.3 is 5.97 Å². The molecule has 2 N–H and O–H groups in total. The van der Waals surface area contributed by atoms with Crippen LogP contribution < -0.4 is 5.32 Å². The van der Waals surface area contributed by atoms with Gasteiger partial charge in [-0.15, -0.1) is 0 Å². The van der Waals surface area contributed by atoms with Gasteiger partial charge < -0.3 is 10.4 Å². The van der Waals surface area contributed by atoms with Gasteiger partial charge in [-0.1, -0.05) is 30.8 Å². The Morgan fingerprint density at radius 3 is 2.20 bits per heavy atom. The van der Waals surface area contributed by atoms with Crippen LogP contribution in [0, 0.1) is 0 Å². The third kappa shape index (κ3) is 4.46. The summed E-state index contributed by atoms with van der Waals surface area (Å²) in [5.41, 5.74) is 0.359. The van der Waals surface area contributed by atoms with Crippen LogP contribution in [-0.2, 0) is 9.59 Å². The minimum atomic E-state index is -2.53. The zero-order valence-corrected chi connectivity index (χ0v) is 10.9. The lowest BCUT2D eigenvalue weighted by molar-refractivity contribution is -0.134. The Morgan fingerprint density at radius 2 is 1.75 bits per heavy atom. The molecule has 0 aliphatic rings. The number of carboxylic acids is 1. The van der Waals surface area contributed by atoms with E-state index in [0.29, 0.717) is 5.56 Å². The van der Waals surface area contributed by atoms with Crippen molar-refractivity contribution in [3.05, 3.63) is 47.5 Å². The maximum absolute atomic E-state index is 12.4. The highest BCUT2D eigenvalue weighted by Crippen LogP contribution is 2.21. The molecule has 1 amide bonds. The summed E-state index contributed by atoms with van der Waals surface area (Å²) in [7, 11) is 0. The first-order chi connectivity index (χ1) is 9.31. The number of alkyl halides is 2. The standard InChI is InChI=1S/C14H15F2NO3/c1-8(14(19)20)7-12(18)17-9(2)10-3-5-11(6-4-10)13(15)16/h3-6,9,13H,1,7H2,2H3,(H,17,18)(H,19,20). The summed E-state index contributed by atoms with van der Waals surface area (Å²) in [5, 5.41) is 11.2. The molecule has 0 aliphatic heterocycles. The van der Waals surface area contributed by atoms with Gasteiger partial charge in [-0.3, -0.25) is 4.79 Å². The van der Waals surface area contributed by atoms with Crippen LogP contribution in [0.3, 0.4) is 0 Å². The first-order valence-electron chi connectivity index (χ1n) is 5.89. The van der Waals surface area contributed by atoms with E-state index in [1.165, 1.54) is 24.3 Å². The summed E-state index contributed by atoms with van der Waals surface area (Å²) < 4.78 is 24.8. The maximum Gasteiger partial charge on any atom is 0.331 e. The molecule has 0 radical (unpaired) electrons. The van der Waals surface area contributed by atoms with E-state index in [2.05, 4.69) is 11.9 Å². The third-order valence-corrected chi connectivity index (χ3v) is 2.74. The van der Waals surface area contributed by atoms with Crippen LogP contribution in [0.25, 0.3) is 0 Å². The maximum atomic E-state index is 12.4. The number of carboxylic acid groups (broad SMARTS) is 1. The van der Waals surface area contributed by atoms with E-state index in [9.17, 15) is 18.4 Å². The molecule has 1 rings (SSSR count). The first kappa shape index (κ1) is 15.8. The monoisotopic (exact) mass is 283 g/mol. The quantitative estimate of drug-likeness (QED) is 0.789. The van der Waals surface area contributed by atoms with E-state index in [4.69, 9.17) is 5.11 Å². The number of rotatable bonds is 6. The van der Waals surface area contributed by atoms with Crippen LogP contribution in [0.4, 0.5) is 8.78 Å². The van der Waals surface area contributed by atoms with Crippen molar-refractivity contribution in [1.82, 2.24) is 5.32 Å². The topological polar surface area (TPSA) is 66.4 Å². The van der Waals surface area contributed by atoms with Gasteiger partial charge in [0.2, 0.25) is 5.91 Å². The molecule has 0 bridgehead atoms. The van der Waals surface area contributed by atoms with Gasteiger partial charge in [0.15, 0.2) is 0 Å². The molecule has 4 nitrogen and oxygen atoms in total. The molecule has 0 aromatic heterocycles. The first-order valence-corrected chi connectivity index (χ1v) is 5.89. The Bertz CT molecular complexity index is 512. The van der Waals surface area contributed by atoms with Crippen LogP contribution in [0.2, 0.25) is 0 Å². The number of nitrogens with one attached hydrogen (secondary N) is 1. The molecule has 0 aliphatic carbocycles. The average molecular weight is 283 g/mol. The van der Waals surface area contributed by atoms with Crippen molar-refractivity contribution in [2.24, 2.45) is 0 Å². The fraction of sp³-hybridized carbons (Fsp3) is 0.286. The highest BCUT2D eigenvalue weighted by atomic mass is 19.3. The fourth-order valence-electron chi connectivity index (χ4n) is 1.58. The smallest absolute Gasteiger partial charge is 0.331 e. The average Bonchev–Trinajstić information content (AvgIpc) is 2.38. The number of amides is 1. The number of carbonyl (C=O) groups excluding carboxylic acids is 1. The van der Waals surface area contributed by atoms with Gasteiger partial charge in [0.25, 0.3) is 6.43 Å². The van der Waals surface area contributed by atoms with E-state index >= 15 is 0 Å². The van der Waals surface area contributed by atoms with E-state index < -0.39 is 24.3 Å². The number of halogens is 2. The van der Waals surface area contributed by atoms with Gasteiger partial charge in [0.1, 0.15) is 0 Å². The molecule has 1 aromatic carbocycles. The second-order valence-corrected chi connectivity index (χ2v) is 4.34. The summed E-state index contributed by atoms with van der Waals surface area (Å²) in [6.07, 6.45) is -2.85. The lowest BCUT2D eigenvalue weighted by atomic mass is 10.1. The van der Waals surface area contributed by atoms with Crippen molar-refractivity contribution in [1.29, 1.82) is 0 Å². The Kier molecular flexibility index (Phi) is 5.37. The number of hydrogen-bond donors (Lipinski definition) is 2. The minimum absolute atomic E-state index is 0.0912. The van der Waals surface area contributed by atoms with Crippen LogP contribution in [-0.4, -0.2) is 17.0 Å². The molecule has 0 fully saturated rings. The molecule has 108 valence electrons. The third-order valence-electron chi connectivity index (χ3n) is 2.74. The second-order valence-electron chi connectivity index (χ2n) is 4.34. The Labute approximate surface area is 115 Å². The molecule has 0 saturated carbocycles. The van der Waals surface area contributed by atoms with Crippen LogP contribution >= 0.6 is 0 Å². The summed E-state index contributed by atoms with van der Waals surface area (Å²) in [4.78, 5) is 22.1. The van der Waals surface area contributed by atoms with Crippen molar-refractivity contribution >= 4 is 11.9 Å². The zero-order valence-electron chi connectivity index (χ0n) is 10.9. The van der Waals surface area contributed by atoms with Crippen molar-refractivity contribution in [3.63, 3.8) is 0 Å². The minimum Gasteiger partial charge on any atom is -0.478 e. The summed E-state index contributed by atoms with van der Waals surface area (Å²) in [5.74, 6) is -1.71. The Hall–Kier alpha value is -2.24. The van der Waals surface area contributed by atoms with Crippen molar-refractivity contribution in [2.45, 2.75) is 25.8 Å². The number of hydrogen-bond acceptors (Lipinski definition) is 2. The van der Waals surface area contributed by atoms with Gasteiger partial charge in [0.05, 0.1) is 12.5 Å². The second kappa shape index (κ2) is 6.79. The van der Waals surface area contributed by atoms with Crippen LogP contribution in [0.15, 0.2) is 36.4 Å². The van der Waals surface area contributed by atoms with E-state index in [1.807, 2.05) is 0 Å². The zero-order chi connectivity index (χ0) is 15.3. The number of carbonyl (C=O) groups is 2. The highest BCUT2D eigenvalue weighted by molar-refractivity contribution is 5.93. The van der Waals surface area contributed by atoms with Gasteiger partial charge in [-0.05, 0) is 12.5 Å². The van der Waals surface area contributed by atoms with Gasteiger partial charge in [-0.25, -0.2) is 13.6 Å². The molecule has 1 unspecified atom stereocenters. The predicted octanol–water partition coefficient (Wildman–Crippen LogP) is 2.83.